The monoisotopic (exact) mass is 515 g/mol. The quantitative estimate of drug-likeness (QED) is 0.327. The Hall–Kier alpha value is -1.09. The second-order valence-corrected chi connectivity index (χ2v) is 8.03. The fraction of sp³-hybridized carbons (Fsp3) is 0.727. The Morgan fingerprint density at radius 1 is 1.17 bits per heavy atom. The second-order valence-electron chi connectivity index (χ2n) is 8.03. The first-order valence-corrected chi connectivity index (χ1v) is 11.1. The van der Waals surface area contributed by atoms with Crippen molar-refractivity contribution >= 4 is 29.9 Å². The van der Waals surface area contributed by atoms with Crippen LogP contribution in [0, 0.1) is 0 Å². The van der Waals surface area contributed by atoms with Gasteiger partial charge in [0.2, 0.25) is 5.88 Å². The van der Waals surface area contributed by atoms with Crippen LogP contribution < -0.4 is 15.4 Å². The topological polar surface area (TPSA) is 61.8 Å². The number of rotatable bonds is 7. The molecule has 0 bridgehead atoms. The smallest absolute Gasteiger partial charge is 0.213 e. The molecule has 1 saturated heterocycles. The summed E-state index contributed by atoms with van der Waals surface area (Å²) in [6.07, 6.45) is 12.3. The number of likely N-dealkylation sites (tertiary alicyclic amines) is 1. The van der Waals surface area contributed by atoms with Crippen molar-refractivity contribution in [3.05, 3.63) is 23.9 Å². The summed E-state index contributed by atoms with van der Waals surface area (Å²) < 4.78 is 5.54. The zero-order valence-electron chi connectivity index (χ0n) is 18.0. The Bertz CT molecular complexity index is 596. The molecule has 1 aliphatic heterocycles. The number of piperidine rings is 1. The maximum Gasteiger partial charge on any atom is 0.213 e. The first kappa shape index (κ1) is 24.2. The summed E-state index contributed by atoms with van der Waals surface area (Å²) in [4.78, 5) is 11.5. The largest absolute Gasteiger partial charge is 0.478 e. The van der Waals surface area contributed by atoms with Crippen LogP contribution in [0.15, 0.2) is 23.3 Å². The van der Waals surface area contributed by atoms with E-state index in [1.165, 1.54) is 58.0 Å². The van der Waals surface area contributed by atoms with E-state index in [1.807, 2.05) is 19.3 Å². The molecule has 1 saturated carbocycles. The molecule has 0 atom stereocenters. The summed E-state index contributed by atoms with van der Waals surface area (Å²) in [6, 6.07) is 5.34. The van der Waals surface area contributed by atoms with Gasteiger partial charge in [-0.3, -0.25) is 4.99 Å². The van der Waals surface area contributed by atoms with Crippen molar-refractivity contribution in [3.8, 4) is 5.88 Å². The van der Waals surface area contributed by atoms with E-state index in [1.54, 1.807) is 0 Å². The molecule has 2 aliphatic rings. The lowest BCUT2D eigenvalue weighted by Crippen LogP contribution is -2.50. The van der Waals surface area contributed by atoms with Gasteiger partial charge in [0, 0.05) is 51.0 Å². The Morgan fingerprint density at radius 3 is 2.55 bits per heavy atom. The van der Waals surface area contributed by atoms with Gasteiger partial charge in [0.05, 0.1) is 6.61 Å². The van der Waals surface area contributed by atoms with Crippen LogP contribution >= 0.6 is 24.0 Å². The zero-order chi connectivity index (χ0) is 19.6. The lowest BCUT2D eigenvalue weighted by atomic mass is 9.92. The van der Waals surface area contributed by atoms with Gasteiger partial charge in [-0.1, -0.05) is 32.3 Å². The van der Waals surface area contributed by atoms with Gasteiger partial charge < -0.3 is 20.3 Å². The van der Waals surface area contributed by atoms with Gasteiger partial charge in [-0.05, 0) is 37.7 Å². The van der Waals surface area contributed by atoms with Gasteiger partial charge in [-0.25, -0.2) is 4.98 Å². The third-order valence-corrected chi connectivity index (χ3v) is 5.90. The number of nitrogens with one attached hydrogen (secondary N) is 2. The Balaban J connectivity index is 0.00000300. The van der Waals surface area contributed by atoms with Crippen LogP contribution in [0.1, 0.15) is 63.9 Å². The van der Waals surface area contributed by atoms with Crippen molar-refractivity contribution in [1.82, 2.24) is 20.5 Å². The Kier molecular flexibility index (Phi) is 11.1. The van der Waals surface area contributed by atoms with E-state index < -0.39 is 0 Å². The standard InChI is InChI=1S/C22H37N5O.HI/c1-3-15-28-21-10-9-18(16-24-21)17-25-22(23-2)26-19-11-13-27(14-12-19)20-7-5-4-6-8-20;/h9-10,16,19-20H,3-8,11-15,17H2,1-2H3,(H2,23,25,26);1H. The molecule has 1 aliphatic carbocycles. The number of pyridine rings is 1. The number of aliphatic imine (C=N–C) groups is 1. The van der Waals surface area contributed by atoms with Crippen molar-refractivity contribution in [2.24, 2.45) is 4.99 Å². The molecule has 2 N–H and O–H groups in total. The van der Waals surface area contributed by atoms with Crippen LogP contribution in [0.5, 0.6) is 5.88 Å². The van der Waals surface area contributed by atoms with Crippen molar-refractivity contribution in [2.75, 3.05) is 26.7 Å². The lowest BCUT2D eigenvalue weighted by Gasteiger charge is -2.39. The maximum atomic E-state index is 5.54. The summed E-state index contributed by atoms with van der Waals surface area (Å²) in [7, 11) is 1.84. The highest BCUT2D eigenvalue weighted by Gasteiger charge is 2.26. The fourth-order valence-electron chi connectivity index (χ4n) is 4.24. The van der Waals surface area contributed by atoms with Crippen LogP contribution in [-0.2, 0) is 6.54 Å². The first-order chi connectivity index (χ1) is 13.8. The predicted molar refractivity (Wildman–Crippen MR) is 130 cm³/mol. The number of nitrogens with zero attached hydrogens (tertiary/aromatic N) is 3. The number of aromatic nitrogens is 1. The molecule has 0 spiro atoms. The highest BCUT2D eigenvalue weighted by molar-refractivity contribution is 14.0. The van der Waals surface area contributed by atoms with E-state index in [0.717, 1.165) is 24.0 Å². The molecule has 2 fully saturated rings. The predicted octanol–water partition coefficient (Wildman–Crippen LogP) is 3.95. The number of guanidine groups is 1. The molecular formula is C22H38IN5O. The van der Waals surface area contributed by atoms with Crippen LogP contribution in [0.25, 0.3) is 0 Å². The minimum absolute atomic E-state index is 0. The van der Waals surface area contributed by atoms with Gasteiger partial charge in [-0.15, -0.1) is 24.0 Å². The van der Waals surface area contributed by atoms with Gasteiger partial charge in [0.25, 0.3) is 0 Å². The third kappa shape index (κ3) is 7.92. The molecule has 6 nitrogen and oxygen atoms in total. The molecular weight excluding hydrogens is 477 g/mol. The Morgan fingerprint density at radius 2 is 1.93 bits per heavy atom. The molecule has 164 valence electrons. The van der Waals surface area contributed by atoms with Crippen molar-refractivity contribution in [2.45, 2.75) is 76.9 Å². The average molecular weight is 515 g/mol. The molecule has 0 amide bonds. The molecule has 0 aromatic carbocycles. The van der Waals surface area contributed by atoms with E-state index in [-0.39, 0.29) is 24.0 Å². The van der Waals surface area contributed by atoms with Crippen molar-refractivity contribution < 1.29 is 4.74 Å². The number of halogens is 1. The second kappa shape index (κ2) is 13.3. The molecule has 7 heteroatoms. The van der Waals surface area contributed by atoms with Gasteiger partial charge in [0.15, 0.2) is 5.96 Å². The SMILES string of the molecule is CCCOc1ccc(CNC(=NC)NC2CCN(C3CCCCC3)CC2)cn1.I. The van der Waals surface area contributed by atoms with Crippen LogP contribution in [0.2, 0.25) is 0 Å². The molecule has 0 radical (unpaired) electrons. The van der Waals surface area contributed by atoms with E-state index >= 15 is 0 Å². The normalized spacial score (nSPS) is 19.4. The van der Waals surface area contributed by atoms with Crippen LogP contribution in [-0.4, -0.2) is 54.7 Å². The minimum Gasteiger partial charge on any atom is -0.478 e. The third-order valence-electron chi connectivity index (χ3n) is 5.90. The van der Waals surface area contributed by atoms with Crippen molar-refractivity contribution in [3.63, 3.8) is 0 Å². The minimum atomic E-state index is 0. The molecule has 29 heavy (non-hydrogen) atoms. The fourth-order valence-corrected chi connectivity index (χ4v) is 4.24. The summed E-state index contributed by atoms with van der Waals surface area (Å²) in [5, 5.41) is 7.02. The summed E-state index contributed by atoms with van der Waals surface area (Å²) in [6.45, 7) is 5.93. The van der Waals surface area contributed by atoms with E-state index in [2.05, 4.69) is 38.5 Å². The van der Waals surface area contributed by atoms with Gasteiger partial charge in [-0.2, -0.15) is 0 Å². The van der Waals surface area contributed by atoms with E-state index in [4.69, 9.17) is 4.74 Å². The Labute approximate surface area is 193 Å². The molecule has 2 heterocycles. The van der Waals surface area contributed by atoms with Crippen LogP contribution in [0.4, 0.5) is 0 Å². The maximum absolute atomic E-state index is 5.54. The van der Waals surface area contributed by atoms with Gasteiger partial charge in [0.1, 0.15) is 0 Å². The van der Waals surface area contributed by atoms with E-state index in [0.29, 0.717) is 25.1 Å². The number of hydrogen-bond acceptors (Lipinski definition) is 4. The van der Waals surface area contributed by atoms with Crippen LogP contribution in [0.3, 0.4) is 0 Å². The summed E-state index contributed by atoms with van der Waals surface area (Å²) in [5.74, 6) is 1.57. The highest BCUT2D eigenvalue weighted by Crippen LogP contribution is 2.25. The lowest BCUT2D eigenvalue weighted by molar-refractivity contribution is 0.119. The summed E-state index contributed by atoms with van der Waals surface area (Å²) >= 11 is 0. The first-order valence-electron chi connectivity index (χ1n) is 11.1. The number of ether oxygens (including phenoxy) is 1. The molecule has 0 unspecified atom stereocenters. The van der Waals surface area contributed by atoms with E-state index in [9.17, 15) is 0 Å². The zero-order valence-corrected chi connectivity index (χ0v) is 20.4. The number of hydrogen-bond donors (Lipinski definition) is 2. The van der Waals surface area contributed by atoms with Gasteiger partial charge >= 0.3 is 0 Å². The van der Waals surface area contributed by atoms with Crippen molar-refractivity contribution in [1.29, 1.82) is 0 Å². The molecule has 1 aromatic rings. The highest BCUT2D eigenvalue weighted by atomic mass is 127. The average Bonchev–Trinajstić information content (AvgIpc) is 2.77. The summed E-state index contributed by atoms with van der Waals surface area (Å²) in [5.41, 5.74) is 1.12. The molecule has 1 aromatic heterocycles. The molecule has 3 rings (SSSR count).